The third-order valence-corrected chi connectivity index (χ3v) is 3.96. The standard InChI is InChI=1S/C14H18FNO2/c1-8-4-5-9(6-10(8)15)13(18)16-11-7-12(17)14(11,2)3/h4-6,11-12,17H,7H2,1-3H3,(H,16,18). The average molecular weight is 251 g/mol. The summed E-state index contributed by atoms with van der Waals surface area (Å²) >= 11 is 0. The number of carbonyl (C=O) groups excluding carboxylic acids is 1. The maximum atomic E-state index is 13.4. The highest BCUT2D eigenvalue weighted by Gasteiger charge is 2.47. The van der Waals surface area contributed by atoms with Gasteiger partial charge in [-0.15, -0.1) is 0 Å². The van der Waals surface area contributed by atoms with Crippen LogP contribution in [0.2, 0.25) is 0 Å². The van der Waals surface area contributed by atoms with Crippen LogP contribution < -0.4 is 5.32 Å². The van der Waals surface area contributed by atoms with Crippen LogP contribution in [-0.4, -0.2) is 23.2 Å². The average Bonchev–Trinajstić information content (AvgIpc) is 2.32. The van der Waals surface area contributed by atoms with Crippen LogP contribution in [0.15, 0.2) is 18.2 Å². The maximum absolute atomic E-state index is 13.4. The first-order valence-corrected chi connectivity index (χ1v) is 6.07. The predicted molar refractivity (Wildman–Crippen MR) is 66.8 cm³/mol. The Morgan fingerprint density at radius 3 is 2.67 bits per heavy atom. The van der Waals surface area contributed by atoms with Gasteiger partial charge in [-0.1, -0.05) is 19.9 Å². The molecule has 1 saturated carbocycles. The number of hydrogen-bond donors (Lipinski definition) is 2. The first kappa shape index (κ1) is 13.0. The SMILES string of the molecule is Cc1ccc(C(=O)NC2CC(O)C2(C)C)cc1F. The summed E-state index contributed by atoms with van der Waals surface area (Å²) in [6.07, 6.45) is 0.158. The summed E-state index contributed by atoms with van der Waals surface area (Å²) in [5, 5.41) is 12.4. The monoisotopic (exact) mass is 251 g/mol. The Morgan fingerprint density at radius 2 is 2.17 bits per heavy atom. The van der Waals surface area contributed by atoms with E-state index in [0.717, 1.165) is 0 Å². The van der Waals surface area contributed by atoms with Gasteiger partial charge < -0.3 is 10.4 Å². The van der Waals surface area contributed by atoms with E-state index >= 15 is 0 Å². The molecule has 0 heterocycles. The van der Waals surface area contributed by atoms with Crippen molar-refractivity contribution in [2.75, 3.05) is 0 Å². The van der Waals surface area contributed by atoms with Crippen molar-refractivity contribution in [1.29, 1.82) is 0 Å². The molecule has 1 aliphatic rings. The molecule has 1 aromatic carbocycles. The molecule has 0 radical (unpaired) electrons. The lowest BCUT2D eigenvalue weighted by Crippen LogP contribution is -2.61. The van der Waals surface area contributed by atoms with Gasteiger partial charge in [0.2, 0.25) is 0 Å². The Hall–Kier alpha value is -1.42. The normalized spacial score (nSPS) is 25.4. The molecule has 4 heteroatoms. The van der Waals surface area contributed by atoms with Crippen molar-refractivity contribution >= 4 is 5.91 Å². The molecule has 18 heavy (non-hydrogen) atoms. The lowest BCUT2D eigenvalue weighted by molar-refractivity contribution is -0.0689. The molecular weight excluding hydrogens is 233 g/mol. The lowest BCUT2D eigenvalue weighted by atomic mass is 9.64. The summed E-state index contributed by atoms with van der Waals surface area (Å²) in [6.45, 7) is 5.46. The minimum absolute atomic E-state index is 0.0654. The largest absolute Gasteiger partial charge is 0.392 e. The molecule has 0 saturated heterocycles. The molecule has 2 atom stereocenters. The molecule has 3 nitrogen and oxygen atoms in total. The number of rotatable bonds is 2. The topological polar surface area (TPSA) is 49.3 Å². The summed E-state index contributed by atoms with van der Waals surface area (Å²) in [4.78, 5) is 11.9. The van der Waals surface area contributed by atoms with Crippen LogP contribution in [0.5, 0.6) is 0 Å². The van der Waals surface area contributed by atoms with E-state index in [2.05, 4.69) is 5.32 Å². The summed E-state index contributed by atoms with van der Waals surface area (Å²) < 4.78 is 13.4. The molecule has 2 N–H and O–H groups in total. The van der Waals surface area contributed by atoms with Crippen LogP contribution in [0.1, 0.15) is 36.2 Å². The number of aliphatic hydroxyl groups is 1. The number of halogens is 1. The van der Waals surface area contributed by atoms with Crippen molar-refractivity contribution < 1.29 is 14.3 Å². The fraction of sp³-hybridized carbons (Fsp3) is 0.500. The van der Waals surface area contributed by atoms with E-state index in [1.165, 1.54) is 6.07 Å². The van der Waals surface area contributed by atoms with E-state index < -0.39 is 6.10 Å². The van der Waals surface area contributed by atoms with Crippen molar-refractivity contribution in [2.45, 2.75) is 39.3 Å². The highest BCUT2D eigenvalue weighted by Crippen LogP contribution is 2.40. The predicted octanol–water partition coefficient (Wildman–Crippen LogP) is 2.02. The second-order valence-electron chi connectivity index (χ2n) is 5.56. The third-order valence-electron chi connectivity index (χ3n) is 3.96. The Labute approximate surface area is 106 Å². The van der Waals surface area contributed by atoms with E-state index in [9.17, 15) is 14.3 Å². The van der Waals surface area contributed by atoms with Crippen LogP contribution in [0.25, 0.3) is 0 Å². The van der Waals surface area contributed by atoms with Gasteiger partial charge in [-0.05, 0) is 31.0 Å². The van der Waals surface area contributed by atoms with Gasteiger partial charge in [0.05, 0.1) is 6.10 Å². The molecule has 0 spiro atoms. The zero-order valence-corrected chi connectivity index (χ0v) is 10.8. The summed E-state index contributed by atoms with van der Waals surface area (Å²) in [5.74, 6) is -0.672. The Bertz CT molecular complexity index is 485. The molecule has 2 rings (SSSR count). The van der Waals surface area contributed by atoms with Crippen LogP contribution in [0.3, 0.4) is 0 Å². The fourth-order valence-electron chi connectivity index (χ4n) is 2.12. The molecule has 0 bridgehead atoms. The van der Waals surface area contributed by atoms with Crippen molar-refractivity contribution in [2.24, 2.45) is 5.41 Å². The molecule has 0 aliphatic heterocycles. The zero-order valence-electron chi connectivity index (χ0n) is 10.8. The molecule has 1 aromatic rings. The molecule has 0 aromatic heterocycles. The van der Waals surface area contributed by atoms with Crippen LogP contribution in [-0.2, 0) is 0 Å². The first-order chi connectivity index (χ1) is 8.32. The van der Waals surface area contributed by atoms with Crippen molar-refractivity contribution in [3.05, 3.63) is 35.1 Å². The third kappa shape index (κ3) is 2.12. The number of hydrogen-bond acceptors (Lipinski definition) is 2. The molecule has 1 aliphatic carbocycles. The summed E-state index contributed by atoms with van der Waals surface area (Å²) in [5.41, 5.74) is 0.514. The minimum Gasteiger partial charge on any atom is -0.392 e. The number of benzene rings is 1. The van der Waals surface area contributed by atoms with Gasteiger partial charge in [0.15, 0.2) is 0 Å². The maximum Gasteiger partial charge on any atom is 0.251 e. The van der Waals surface area contributed by atoms with Crippen molar-refractivity contribution in [1.82, 2.24) is 5.32 Å². The number of aryl methyl sites for hydroxylation is 1. The van der Waals surface area contributed by atoms with Crippen LogP contribution in [0, 0.1) is 18.2 Å². The fourth-order valence-corrected chi connectivity index (χ4v) is 2.12. The van der Waals surface area contributed by atoms with Crippen molar-refractivity contribution in [3.63, 3.8) is 0 Å². The number of aliphatic hydroxyl groups excluding tert-OH is 1. The molecule has 2 unspecified atom stereocenters. The first-order valence-electron chi connectivity index (χ1n) is 6.07. The molecule has 98 valence electrons. The lowest BCUT2D eigenvalue weighted by Gasteiger charge is -2.49. The second-order valence-corrected chi connectivity index (χ2v) is 5.56. The Morgan fingerprint density at radius 1 is 1.50 bits per heavy atom. The number of amides is 1. The van der Waals surface area contributed by atoms with Crippen molar-refractivity contribution in [3.8, 4) is 0 Å². The van der Waals surface area contributed by atoms with E-state index in [0.29, 0.717) is 17.5 Å². The Kier molecular flexibility index (Phi) is 3.15. The smallest absolute Gasteiger partial charge is 0.251 e. The molecular formula is C14H18FNO2. The van der Waals surface area contributed by atoms with Gasteiger partial charge in [0.1, 0.15) is 5.82 Å². The van der Waals surface area contributed by atoms with Gasteiger partial charge in [0, 0.05) is 17.0 Å². The van der Waals surface area contributed by atoms with Gasteiger partial charge in [0.25, 0.3) is 5.91 Å². The minimum atomic E-state index is -0.391. The van der Waals surface area contributed by atoms with Crippen LogP contribution >= 0.6 is 0 Å². The quantitative estimate of drug-likeness (QED) is 0.845. The Balaban J connectivity index is 2.07. The molecule has 1 amide bonds. The van der Waals surface area contributed by atoms with E-state index in [-0.39, 0.29) is 23.2 Å². The van der Waals surface area contributed by atoms with Gasteiger partial charge in [-0.25, -0.2) is 4.39 Å². The second kappa shape index (κ2) is 4.35. The van der Waals surface area contributed by atoms with Crippen LogP contribution in [0.4, 0.5) is 4.39 Å². The van der Waals surface area contributed by atoms with Gasteiger partial charge in [-0.2, -0.15) is 0 Å². The summed E-state index contributed by atoms with van der Waals surface area (Å²) in [6, 6.07) is 4.37. The zero-order chi connectivity index (χ0) is 13.5. The number of nitrogens with one attached hydrogen (secondary N) is 1. The molecule has 1 fully saturated rings. The highest BCUT2D eigenvalue weighted by atomic mass is 19.1. The van der Waals surface area contributed by atoms with E-state index in [1.54, 1.807) is 19.1 Å². The number of carbonyl (C=O) groups is 1. The van der Waals surface area contributed by atoms with E-state index in [1.807, 2.05) is 13.8 Å². The van der Waals surface area contributed by atoms with Gasteiger partial charge in [-0.3, -0.25) is 4.79 Å². The van der Waals surface area contributed by atoms with Gasteiger partial charge >= 0.3 is 0 Å². The summed E-state index contributed by atoms with van der Waals surface area (Å²) in [7, 11) is 0. The highest BCUT2D eigenvalue weighted by molar-refractivity contribution is 5.94. The van der Waals surface area contributed by atoms with E-state index in [4.69, 9.17) is 0 Å².